The lowest BCUT2D eigenvalue weighted by atomic mass is 10.3. The van der Waals surface area contributed by atoms with Crippen LogP contribution in [0.25, 0.3) is 11.0 Å². The molecule has 0 radical (unpaired) electrons. The Labute approximate surface area is 80.8 Å². The quantitative estimate of drug-likeness (QED) is 0.693. The summed E-state index contributed by atoms with van der Waals surface area (Å²) >= 11 is 0. The number of nitrogens with zero attached hydrogens (tertiary/aromatic N) is 2. The Morgan fingerprint density at radius 3 is 2.79 bits per heavy atom. The van der Waals surface area contributed by atoms with E-state index in [1.807, 2.05) is 13.8 Å². The highest BCUT2D eigenvalue weighted by molar-refractivity contribution is 5.76. The summed E-state index contributed by atoms with van der Waals surface area (Å²) in [6.07, 6.45) is 0. The van der Waals surface area contributed by atoms with E-state index in [1.54, 1.807) is 0 Å². The fourth-order valence-electron chi connectivity index (χ4n) is 1.54. The van der Waals surface area contributed by atoms with E-state index in [1.165, 1.54) is 22.8 Å². The lowest BCUT2D eigenvalue weighted by molar-refractivity contribution is -0.285. The molecule has 0 aliphatic carbocycles. The summed E-state index contributed by atoms with van der Waals surface area (Å²) in [7, 11) is 0. The van der Waals surface area contributed by atoms with Crippen LogP contribution in [0.2, 0.25) is 0 Å². The largest absolute Gasteiger partial charge is 0.846 e. The number of imidazole rings is 1. The molecule has 1 heterocycles. The first-order chi connectivity index (χ1) is 6.59. The van der Waals surface area contributed by atoms with Gasteiger partial charge >= 0.3 is 0 Å². The average molecular weight is 193 g/mol. The summed E-state index contributed by atoms with van der Waals surface area (Å²) in [4.78, 5) is 3.82. The number of benzene rings is 1. The molecule has 0 spiro atoms. The summed E-state index contributed by atoms with van der Waals surface area (Å²) in [5, 5.41) is 11.4. The summed E-state index contributed by atoms with van der Waals surface area (Å²) < 4.78 is 14.4. The van der Waals surface area contributed by atoms with Crippen LogP contribution in [0, 0.1) is 5.82 Å². The number of aromatic nitrogens is 2. The average Bonchev–Trinajstić information content (AvgIpc) is 2.40. The summed E-state index contributed by atoms with van der Waals surface area (Å²) in [6.45, 7) is 3.74. The molecule has 0 atom stereocenters. The van der Waals surface area contributed by atoms with E-state index in [0.717, 1.165) is 0 Å². The first-order valence-corrected chi connectivity index (χ1v) is 4.44. The normalized spacial score (nSPS) is 11.4. The molecule has 1 aromatic heterocycles. The maximum absolute atomic E-state index is 12.9. The van der Waals surface area contributed by atoms with Crippen molar-refractivity contribution in [2.24, 2.45) is 0 Å². The van der Waals surface area contributed by atoms with Gasteiger partial charge in [-0.3, -0.25) is 0 Å². The van der Waals surface area contributed by atoms with Crippen LogP contribution < -0.4 is 5.11 Å². The van der Waals surface area contributed by atoms with E-state index >= 15 is 0 Å². The first kappa shape index (κ1) is 8.99. The number of hydrogen-bond acceptors (Lipinski definition) is 2. The van der Waals surface area contributed by atoms with Gasteiger partial charge in [-0.25, -0.2) is 9.37 Å². The third-order valence-corrected chi connectivity index (χ3v) is 2.14. The van der Waals surface area contributed by atoms with Crippen molar-refractivity contribution in [2.75, 3.05) is 0 Å². The highest BCUT2D eigenvalue weighted by atomic mass is 19.1. The fourth-order valence-corrected chi connectivity index (χ4v) is 1.54. The second-order valence-corrected chi connectivity index (χ2v) is 3.49. The summed E-state index contributed by atoms with van der Waals surface area (Å²) in [5.74, 6) is -0.348. The van der Waals surface area contributed by atoms with Gasteiger partial charge < -0.3 is 9.67 Å². The minimum atomic E-state index is -0.348. The molecule has 14 heavy (non-hydrogen) atoms. The third kappa shape index (κ3) is 1.23. The standard InChI is InChI=1S/C10H11FN2O/c1-6(2)13-9-5-7(11)3-4-8(9)12-10(13)14/h3-6H,1-2H3,(H,12,14)/p-1. The van der Waals surface area contributed by atoms with Gasteiger partial charge in [-0.05, 0) is 32.0 Å². The van der Waals surface area contributed by atoms with E-state index in [2.05, 4.69) is 4.98 Å². The molecule has 0 bridgehead atoms. The topological polar surface area (TPSA) is 40.9 Å². The van der Waals surface area contributed by atoms with Crippen LogP contribution in [0.1, 0.15) is 19.9 Å². The lowest BCUT2D eigenvalue weighted by Crippen LogP contribution is -2.06. The second kappa shape index (κ2) is 2.97. The highest BCUT2D eigenvalue weighted by Gasteiger charge is 2.07. The van der Waals surface area contributed by atoms with Gasteiger partial charge in [0.05, 0.1) is 17.0 Å². The second-order valence-electron chi connectivity index (χ2n) is 3.49. The number of fused-ring (bicyclic) bond motifs is 1. The van der Waals surface area contributed by atoms with E-state index < -0.39 is 0 Å². The molecule has 3 nitrogen and oxygen atoms in total. The van der Waals surface area contributed by atoms with Crippen LogP contribution in [0.15, 0.2) is 18.2 Å². The molecule has 2 rings (SSSR count). The van der Waals surface area contributed by atoms with Crippen LogP contribution in [-0.2, 0) is 0 Å². The van der Waals surface area contributed by atoms with E-state index in [0.29, 0.717) is 11.0 Å². The molecular weight excluding hydrogens is 183 g/mol. The molecule has 0 aliphatic heterocycles. The number of hydrogen-bond donors (Lipinski definition) is 0. The van der Waals surface area contributed by atoms with Gasteiger partial charge in [-0.15, -0.1) is 0 Å². The molecule has 0 fully saturated rings. The van der Waals surface area contributed by atoms with Gasteiger partial charge in [-0.2, -0.15) is 0 Å². The van der Waals surface area contributed by atoms with Crippen molar-refractivity contribution in [3.05, 3.63) is 24.0 Å². The summed E-state index contributed by atoms with van der Waals surface area (Å²) in [6, 6.07) is 3.84. The predicted molar refractivity (Wildman–Crippen MR) is 49.5 cm³/mol. The smallest absolute Gasteiger partial charge is 0.125 e. The van der Waals surface area contributed by atoms with Gasteiger partial charge in [-0.1, -0.05) is 0 Å². The molecule has 74 valence electrons. The molecule has 0 saturated heterocycles. The molecule has 2 aromatic rings. The molecule has 0 amide bonds. The maximum atomic E-state index is 12.9. The van der Waals surface area contributed by atoms with E-state index in [-0.39, 0.29) is 17.9 Å². The first-order valence-electron chi connectivity index (χ1n) is 4.44. The molecule has 4 heteroatoms. The zero-order valence-corrected chi connectivity index (χ0v) is 7.99. The van der Waals surface area contributed by atoms with Gasteiger partial charge in [0.1, 0.15) is 5.82 Å². The Bertz CT molecular complexity index is 476. The van der Waals surface area contributed by atoms with Gasteiger partial charge in [0.2, 0.25) is 0 Å². The van der Waals surface area contributed by atoms with Crippen molar-refractivity contribution in [3.63, 3.8) is 0 Å². The lowest BCUT2D eigenvalue weighted by Gasteiger charge is -2.14. The molecule has 1 aromatic carbocycles. The Hall–Kier alpha value is -1.58. The van der Waals surface area contributed by atoms with E-state index in [4.69, 9.17) is 0 Å². The van der Waals surface area contributed by atoms with E-state index in [9.17, 15) is 9.50 Å². The van der Waals surface area contributed by atoms with Crippen molar-refractivity contribution in [2.45, 2.75) is 19.9 Å². The Morgan fingerprint density at radius 2 is 2.14 bits per heavy atom. The maximum Gasteiger partial charge on any atom is 0.125 e. The third-order valence-electron chi connectivity index (χ3n) is 2.14. The molecule has 0 aliphatic rings. The molecule has 0 saturated carbocycles. The number of halogens is 1. The highest BCUT2D eigenvalue weighted by Crippen LogP contribution is 2.23. The summed E-state index contributed by atoms with van der Waals surface area (Å²) in [5.41, 5.74) is 1.11. The Balaban J connectivity index is 2.79. The van der Waals surface area contributed by atoms with Crippen LogP contribution in [0.3, 0.4) is 0 Å². The van der Waals surface area contributed by atoms with Crippen molar-refractivity contribution < 1.29 is 9.50 Å². The number of rotatable bonds is 1. The minimum Gasteiger partial charge on any atom is -0.846 e. The van der Waals surface area contributed by atoms with Crippen LogP contribution >= 0.6 is 0 Å². The van der Waals surface area contributed by atoms with Gasteiger partial charge in [0.25, 0.3) is 0 Å². The monoisotopic (exact) mass is 193 g/mol. The van der Waals surface area contributed by atoms with Crippen molar-refractivity contribution in [1.82, 2.24) is 9.55 Å². The minimum absolute atomic E-state index is 0.00528. The SMILES string of the molecule is CC(C)n1c([O-])nc2ccc(F)cc21. The van der Waals surface area contributed by atoms with Crippen molar-refractivity contribution in [1.29, 1.82) is 0 Å². The Morgan fingerprint density at radius 1 is 1.43 bits per heavy atom. The van der Waals surface area contributed by atoms with Crippen molar-refractivity contribution in [3.8, 4) is 6.01 Å². The molecular formula is C10H10FN2O-. The Kier molecular flexibility index (Phi) is 1.91. The van der Waals surface area contributed by atoms with Crippen LogP contribution in [-0.4, -0.2) is 9.55 Å². The zero-order valence-electron chi connectivity index (χ0n) is 7.99. The van der Waals surface area contributed by atoms with Crippen molar-refractivity contribution >= 4 is 11.0 Å². The van der Waals surface area contributed by atoms with Crippen LogP contribution in [0.5, 0.6) is 6.01 Å². The zero-order chi connectivity index (χ0) is 10.3. The predicted octanol–water partition coefficient (Wildman–Crippen LogP) is 1.83. The van der Waals surface area contributed by atoms with Gasteiger partial charge in [0.15, 0.2) is 0 Å². The van der Waals surface area contributed by atoms with Crippen LogP contribution in [0.4, 0.5) is 4.39 Å². The fraction of sp³-hybridized carbons (Fsp3) is 0.300. The molecule has 0 unspecified atom stereocenters. The molecule has 0 N–H and O–H groups in total. The van der Waals surface area contributed by atoms with Gasteiger partial charge in [0, 0.05) is 6.04 Å².